The van der Waals surface area contributed by atoms with Crippen molar-refractivity contribution in [2.75, 3.05) is 13.1 Å². The highest BCUT2D eigenvalue weighted by Crippen LogP contribution is 2.16. The van der Waals surface area contributed by atoms with Gasteiger partial charge in [-0.2, -0.15) is 0 Å². The maximum absolute atomic E-state index is 11.9. The van der Waals surface area contributed by atoms with Crippen LogP contribution in [0.2, 0.25) is 39.3 Å². The molecule has 0 aliphatic carbocycles. The van der Waals surface area contributed by atoms with Gasteiger partial charge in [0.25, 0.3) is 0 Å². The van der Waals surface area contributed by atoms with E-state index in [0.29, 0.717) is 12.2 Å². The van der Waals surface area contributed by atoms with E-state index < -0.39 is 16.4 Å². The Kier molecular flexibility index (Phi) is 6.53. The Morgan fingerprint density at radius 1 is 1.28 bits per heavy atom. The van der Waals surface area contributed by atoms with Crippen LogP contribution in [0.1, 0.15) is 6.92 Å². The molecule has 0 heterocycles. The summed E-state index contributed by atoms with van der Waals surface area (Å²) in [5.74, 6) is -0.0962. The molecule has 0 aromatic carbocycles. The van der Waals surface area contributed by atoms with Crippen LogP contribution in [0.3, 0.4) is 0 Å². The highest BCUT2D eigenvalue weighted by molar-refractivity contribution is 6.78. The molecular weight excluding hydrogens is 258 g/mol. The lowest BCUT2D eigenvalue weighted by Gasteiger charge is -2.36. The second-order valence-corrected chi connectivity index (χ2v) is 16.4. The maximum Gasteiger partial charge on any atom is 0.306 e. The van der Waals surface area contributed by atoms with Gasteiger partial charge in [-0.15, -0.1) is 6.58 Å². The maximum atomic E-state index is 11.9. The van der Waals surface area contributed by atoms with Gasteiger partial charge in [0.2, 0.25) is 8.32 Å². The molecule has 106 valence electrons. The van der Waals surface area contributed by atoms with Gasteiger partial charge in [-0.3, -0.25) is 9.69 Å². The fourth-order valence-electron chi connectivity index (χ4n) is 2.00. The van der Waals surface area contributed by atoms with Gasteiger partial charge in [-0.1, -0.05) is 32.6 Å². The van der Waals surface area contributed by atoms with Gasteiger partial charge in [0.15, 0.2) is 0 Å². The van der Waals surface area contributed by atoms with Gasteiger partial charge in [0.1, 0.15) is 0 Å². The average Bonchev–Trinajstić information content (AvgIpc) is 2.11. The van der Waals surface area contributed by atoms with Crippen LogP contribution in [0.15, 0.2) is 12.7 Å². The van der Waals surface area contributed by atoms with Crippen molar-refractivity contribution in [3.05, 3.63) is 12.7 Å². The van der Waals surface area contributed by atoms with Crippen LogP contribution in [0.4, 0.5) is 0 Å². The Morgan fingerprint density at radius 2 is 1.78 bits per heavy atom. The van der Waals surface area contributed by atoms with Crippen molar-refractivity contribution in [3.63, 3.8) is 0 Å². The number of carbonyl (C=O) groups is 1. The quantitative estimate of drug-likeness (QED) is 0.532. The van der Waals surface area contributed by atoms with Crippen molar-refractivity contribution in [3.8, 4) is 0 Å². The van der Waals surface area contributed by atoms with E-state index in [9.17, 15) is 4.79 Å². The molecule has 0 aliphatic heterocycles. The van der Waals surface area contributed by atoms with Crippen molar-refractivity contribution in [1.82, 2.24) is 4.90 Å². The van der Waals surface area contributed by atoms with E-state index in [0.717, 1.165) is 6.54 Å². The summed E-state index contributed by atoms with van der Waals surface area (Å²) < 4.78 is 5.52. The summed E-state index contributed by atoms with van der Waals surface area (Å²) in [4.78, 5) is 14.1. The first-order chi connectivity index (χ1) is 8.01. The average molecular weight is 288 g/mol. The summed E-state index contributed by atoms with van der Waals surface area (Å²) in [5, 5.41) is 0. The van der Waals surface area contributed by atoms with Crippen molar-refractivity contribution in [2.24, 2.45) is 0 Å². The van der Waals surface area contributed by atoms with E-state index in [1.165, 1.54) is 0 Å². The minimum Gasteiger partial charge on any atom is -0.519 e. The molecule has 0 spiro atoms. The number of hydrogen-bond acceptors (Lipinski definition) is 3. The van der Waals surface area contributed by atoms with Gasteiger partial charge in [-0.25, -0.2) is 0 Å². The number of nitrogens with zero attached hydrogens (tertiary/aromatic N) is 1. The normalized spacial score (nSPS) is 14.4. The Labute approximate surface area is 114 Å². The van der Waals surface area contributed by atoms with Gasteiger partial charge < -0.3 is 4.43 Å². The van der Waals surface area contributed by atoms with Crippen LogP contribution in [0.5, 0.6) is 0 Å². The number of carbonyl (C=O) groups excluding carboxylic acids is 1. The number of rotatable bonds is 7. The molecule has 0 rings (SSSR count). The lowest BCUT2D eigenvalue weighted by molar-refractivity contribution is -0.136. The van der Waals surface area contributed by atoms with Crippen LogP contribution in [0.25, 0.3) is 0 Å². The summed E-state index contributed by atoms with van der Waals surface area (Å²) in [6.07, 6.45) is 1.98. The molecule has 3 nitrogen and oxygen atoms in total. The minimum atomic E-state index is -1.78. The molecule has 1 atom stereocenters. The lowest BCUT2D eigenvalue weighted by atomic mass is 10.4. The van der Waals surface area contributed by atoms with Crippen LogP contribution >= 0.6 is 0 Å². The zero-order chi connectivity index (χ0) is 14.6. The molecule has 0 aromatic rings. The molecule has 1 unspecified atom stereocenters. The Morgan fingerprint density at radius 3 is 2.06 bits per heavy atom. The third-order valence-electron chi connectivity index (χ3n) is 2.66. The smallest absolute Gasteiger partial charge is 0.306 e. The summed E-state index contributed by atoms with van der Waals surface area (Å²) in [5.41, 5.74) is 0.316. The first-order valence-electron chi connectivity index (χ1n) is 6.59. The molecule has 0 bridgehead atoms. The fraction of sp³-hybridized carbons (Fsp3) is 0.769. The number of hydrogen-bond donors (Lipinski definition) is 0. The molecule has 0 N–H and O–H groups in total. The molecule has 0 saturated carbocycles. The predicted octanol–water partition coefficient (Wildman–Crippen LogP) is 3.12. The number of likely N-dealkylation sites (N-methyl/N-ethyl adjacent to an activating group) is 1. The summed E-state index contributed by atoms with van der Waals surface area (Å²) >= 11 is 0. The van der Waals surface area contributed by atoms with Crippen LogP contribution in [-0.4, -0.2) is 46.0 Å². The Bertz CT molecular complexity index is 292. The largest absolute Gasteiger partial charge is 0.519 e. The SMILES string of the molecule is C=CC(N(CC)CC(=O)O[Si](C)(C)C)[Si](C)(C)C. The van der Waals surface area contributed by atoms with E-state index in [1.807, 2.05) is 25.7 Å². The van der Waals surface area contributed by atoms with E-state index in [1.54, 1.807) is 0 Å². The van der Waals surface area contributed by atoms with E-state index in [-0.39, 0.29) is 5.97 Å². The molecular formula is C13H29NO2Si2. The standard InChI is InChI=1S/C13H29NO2Si2/c1-9-12(17(3,4)5)14(10-2)11-13(15)16-18(6,7)8/h9,12H,1,10-11H2,2-8H3. The van der Waals surface area contributed by atoms with Crippen molar-refractivity contribution >= 4 is 22.4 Å². The third-order valence-corrected chi connectivity index (χ3v) is 5.88. The van der Waals surface area contributed by atoms with Gasteiger partial charge in [0.05, 0.1) is 14.6 Å². The molecule has 0 fully saturated rings. The predicted molar refractivity (Wildman–Crippen MR) is 84.0 cm³/mol. The molecule has 0 radical (unpaired) electrons. The Hall–Kier alpha value is -0.396. The van der Waals surface area contributed by atoms with Crippen molar-refractivity contribution in [2.45, 2.75) is 51.9 Å². The Balaban J connectivity index is 4.70. The zero-order valence-corrected chi connectivity index (χ0v) is 15.0. The van der Waals surface area contributed by atoms with Gasteiger partial charge in [-0.05, 0) is 26.2 Å². The summed E-state index contributed by atoms with van der Waals surface area (Å²) in [6, 6.07) is 0. The zero-order valence-electron chi connectivity index (χ0n) is 13.0. The molecule has 18 heavy (non-hydrogen) atoms. The first kappa shape index (κ1) is 17.6. The van der Waals surface area contributed by atoms with Gasteiger partial charge >= 0.3 is 5.97 Å². The van der Waals surface area contributed by atoms with Crippen LogP contribution in [0, 0.1) is 0 Å². The summed E-state index contributed by atoms with van der Waals surface area (Å²) in [7, 11) is -3.17. The first-order valence-corrected chi connectivity index (χ1v) is 13.6. The van der Waals surface area contributed by atoms with E-state index >= 15 is 0 Å². The highest BCUT2D eigenvalue weighted by Gasteiger charge is 2.31. The minimum absolute atomic E-state index is 0.0962. The van der Waals surface area contributed by atoms with Crippen LogP contribution in [-0.2, 0) is 9.22 Å². The third kappa shape index (κ3) is 6.51. The van der Waals surface area contributed by atoms with E-state index in [2.05, 4.69) is 38.0 Å². The van der Waals surface area contributed by atoms with E-state index in [4.69, 9.17) is 4.43 Å². The monoisotopic (exact) mass is 287 g/mol. The molecule has 0 aliphatic rings. The van der Waals surface area contributed by atoms with Crippen molar-refractivity contribution in [1.29, 1.82) is 0 Å². The molecule has 0 saturated heterocycles. The van der Waals surface area contributed by atoms with Gasteiger partial charge in [0, 0.05) is 5.67 Å². The lowest BCUT2D eigenvalue weighted by Crippen LogP contribution is -2.52. The molecule has 0 amide bonds. The van der Waals surface area contributed by atoms with Crippen LogP contribution < -0.4 is 0 Å². The van der Waals surface area contributed by atoms with Crippen molar-refractivity contribution < 1.29 is 9.22 Å². The second-order valence-electron chi connectivity index (χ2n) is 6.70. The summed E-state index contributed by atoms with van der Waals surface area (Å²) in [6.45, 7) is 20.2. The molecule has 0 aromatic heterocycles. The highest BCUT2D eigenvalue weighted by atomic mass is 28.4. The topological polar surface area (TPSA) is 29.5 Å². The second kappa shape index (κ2) is 6.68. The molecule has 5 heteroatoms. The fourth-order valence-corrected chi connectivity index (χ4v) is 4.82.